The fourth-order valence-corrected chi connectivity index (χ4v) is 4.41. The number of amides is 2. The highest BCUT2D eigenvalue weighted by Gasteiger charge is 2.53. The van der Waals surface area contributed by atoms with Crippen molar-refractivity contribution < 1.29 is 14.0 Å². The summed E-state index contributed by atoms with van der Waals surface area (Å²) >= 11 is 0. The van der Waals surface area contributed by atoms with Crippen molar-refractivity contribution in [2.24, 2.45) is 5.73 Å². The maximum absolute atomic E-state index is 13.0. The highest BCUT2D eigenvalue weighted by atomic mass is 28.4. The molecule has 0 radical (unpaired) electrons. The molecule has 6 nitrogen and oxygen atoms in total. The third-order valence-electron chi connectivity index (χ3n) is 6.30. The molecule has 160 valence electrons. The van der Waals surface area contributed by atoms with Crippen molar-refractivity contribution in [3.8, 4) is 0 Å². The van der Waals surface area contributed by atoms with Crippen molar-refractivity contribution in [1.29, 1.82) is 0 Å². The van der Waals surface area contributed by atoms with Crippen LogP contribution in [0.15, 0.2) is 54.6 Å². The Morgan fingerprint density at radius 2 is 1.73 bits per heavy atom. The Kier molecular flexibility index (Phi) is 5.91. The maximum atomic E-state index is 13.0. The molecule has 2 aromatic carbocycles. The van der Waals surface area contributed by atoms with E-state index in [9.17, 15) is 9.59 Å². The largest absolute Gasteiger partial charge is 0.415 e. The topological polar surface area (TPSA) is 93.4 Å². The number of fused-ring (bicyclic) bond motifs is 1. The number of hydrogen-bond donors (Lipinski definition) is 3. The quantitative estimate of drug-likeness (QED) is 0.466. The Morgan fingerprint density at radius 3 is 2.33 bits per heavy atom. The van der Waals surface area contributed by atoms with Gasteiger partial charge in [-0.3, -0.25) is 14.9 Å². The van der Waals surface area contributed by atoms with Crippen LogP contribution in [0, 0.1) is 0 Å². The van der Waals surface area contributed by atoms with Gasteiger partial charge in [-0.25, -0.2) is 0 Å². The van der Waals surface area contributed by atoms with Crippen LogP contribution < -0.4 is 16.4 Å². The SMILES string of the molecule is CC(C)(C)[Si](C)(C)OC[C@H](N[C@@]1(C(N)=O)C(=O)Nc2ccccc21)c1ccccc1. The summed E-state index contributed by atoms with van der Waals surface area (Å²) in [6.07, 6.45) is 0. The fourth-order valence-electron chi connectivity index (χ4n) is 3.39. The molecule has 0 unspecified atom stereocenters. The number of carbonyl (C=O) groups is 2. The highest BCUT2D eigenvalue weighted by Crippen LogP contribution is 2.39. The lowest BCUT2D eigenvalue weighted by Crippen LogP contribution is -2.59. The van der Waals surface area contributed by atoms with E-state index >= 15 is 0 Å². The molecule has 30 heavy (non-hydrogen) atoms. The highest BCUT2D eigenvalue weighted by molar-refractivity contribution is 6.74. The van der Waals surface area contributed by atoms with E-state index in [0.29, 0.717) is 17.9 Å². The predicted molar refractivity (Wildman–Crippen MR) is 121 cm³/mol. The van der Waals surface area contributed by atoms with E-state index in [0.717, 1.165) is 5.56 Å². The molecule has 2 aromatic rings. The lowest BCUT2D eigenvalue weighted by atomic mass is 9.88. The van der Waals surface area contributed by atoms with Crippen LogP contribution in [0.3, 0.4) is 0 Å². The van der Waals surface area contributed by atoms with Crippen LogP contribution in [0.2, 0.25) is 18.1 Å². The number of nitrogens with one attached hydrogen (secondary N) is 2. The molecule has 0 saturated heterocycles. The second-order valence-electron chi connectivity index (χ2n) is 9.29. The molecule has 0 spiro atoms. The van der Waals surface area contributed by atoms with Gasteiger partial charge in [0.1, 0.15) is 0 Å². The minimum Gasteiger partial charge on any atom is -0.415 e. The maximum Gasteiger partial charge on any atom is 0.259 e. The monoisotopic (exact) mass is 425 g/mol. The summed E-state index contributed by atoms with van der Waals surface area (Å²) in [5, 5.41) is 6.11. The second-order valence-corrected chi connectivity index (χ2v) is 14.1. The molecule has 0 aliphatic carbocycles. The lowest BCUT2D eigenvalue weighted by molar-refractivity contribution is -0.134. The number of carbonyl (C=O) groups excluding carboxylic acids is 2. The first-order valence-electron chi connectivity index (χ1n) is 10.2. The van der Waals surface area contributed by atoms with E-state index in [2.05, 4.69) is 44.5 Å². The molecule has 2 atom stereocenters. The summed E-state index contributed by atoms with van der Waals surface area (Å²) in [4.78, 5) is 25.7. The van der Waals surface area contributed by atoms with Crippen LogP contribution in [-0.4, -0.2) is 26.7 Å². The summed E-state index contributed by atoms with van der Waals surface area (Å²) in [5.41, 5.74) is 6.21. The zero-order valence-electron chi connectivity index (χ0n) is 18.3. The molecule has 0 fully saturated rings. The zero-order chi connectivity index (χ0) is 22.2. The average molecular weight is 426 g/mol. The Labute approximate surface area is 179 Å². The normalized spacial score (nSPS) is 19.8. The van der Waals surface area contributed by atoms with E-state index in [1.54, 1.807) is 18.2 Å². The lowest BCUT2D eigenvalue weighted by Gasteiger charge is -2.38. The minimum atomic E-state index is -2.05. The first-order valence-corrected chi connectivity index (χ1v) is 13.1. The molecule has 0 bridgehead atoms. The van der Waals surface area contributed by atoms with Crippen molar-refractivity contribution in [3.05, 3.63) is 65.7 Å². The van der Waals surface area contributed by atoms with Gasteiger partial charge in [0.15, 0.2) is 8.32 Å². The Balaban J connectivity index is 2.00. The van der Waals surface area contributed by atoms with Gasteiger partial charge in [-0.05, 0) is 29.8 Å². The average Bonchev–Trinajstić information content (AvgIpc) is 2.97. The molecule has 1 heterocycles. The molecule has 1 aliphatic heterocycles. The van der Waals surface area contributed by atoms with Gasteiger partial charge in [-0.2, -0.15) is 0 Å². The number of nitrogens with two attached hydrogens (primary N) is 1. The van der Waals surface area contributed by atoms with E-state index < -0.39 is 31.7 Å². The Morgan fingerprint density at radius 1 is 1.13 bits per heavy atom. The van der Waals surface area contributed by atoms with Crippen LogP contribution in [0.4, 0.5) is 5.69 Å². The number of benzene rings is 2. The first kappa shape index (κ1) is 22.2. The van der Waals surface area contributed by atoms with Gasteiger partial charge < -0.3 is 15.5 Å². The van der Waals surface area contributed by atoms with Crippen molar-refractivity contribution in [3.63, 3.8) is 0 Å². The summed E-state index contributed by atoms with van der Waals surface area (Å²) < 4.78 is 6.46. The third kappa shape index (κ3) is 3.92. The van der Waals surface area contributed by atoms with Gasteiger partial charge in [0.25, 0.3) is 11.8 Å². The van der Waals surface area contributed by atoms with E-state index in [1.165, 1.54) is 0 Å². The summed E-state index contributed by atoms with van der Waals surface area (Å²) in [6.45, 7) is 11.2. The van der Waals surface area contributed by atoms with Crippen molar-refractivity contribution in [2.75, 3.05) is 11.9 Å². The standard InChI is InChI=1S/C23H31N3O3Si/c1-22(2,3)30(4,5)29-15-19(16-11-7-6-8-12-16)26-23(20(24)27)17-13-9-10-14-18(17)25-21(23)28/h6-14,19,26H,15H2,1-5H3,(H2,24,27)(H,25,28)/t19-,23-/m0/s1. The van der Waals surface area contributed by atoms with Gasteiger partial charge in [-0.15, -0.1) is 0 Å². The van der Waals surface area contributed by atoms with Crippen LogP contribution in [0.1, 0.15) is 37.9 Å². The van der Waals surface area contributed by atoms with E-state index in [4.69, 9.17) is 10.2 Å². The zero-order valence-corrected chi connectivity index (χ0v) is 19.3. The minimum absolute atomic E-state index is 0.0347. The van der Waals surface area contributed by atoms with Gasteiger partial charge in [0, 0.05) is 11.3 Å². The molecule has 2 amide bonds. The molecule has 0 aromatic heterocycles. The van der Waals surface area contributed by atoms with Gasteiger partial charge >= 0.3 is 0 Å². The number of anilines is 1. The smallest absolute Gasteiger partial charge is 0.259 e. The van der Waals surface area contributed by atoms with Crippen molar-refractivity contribution in [2.45, 2.75) is 50.5 Å². The predicted octanol–water partition coefficient (Wildman–Crippen LogP) is 3.67. The number of primary amides is 1. The Hall–Kier alpha value is -2.48. The van der Waals surface area contributed by atoms with Crippen LogP contribution in [0.5, 0.6) is 0 Å². The van der Waals surface area contributed by atoms with Gasteiger partial charge in [-0.1, -0.05) is 69.3 Å². The molecule has 0 saturated carbocycles. The first-order chi connectivity index (χ1) is 14.0. The van der Waals surface area contributed by atoms with Crippen LogP contribution in [-0.2, 0) is 19.6 Å². The fraction of sp³-hybridized carbons (Fsp3) is 0.391. The van der Waals surface area contributed by atoms with Crippen LogP contribution >= 0.6 is 0 Å². The molecular formula is C23H31N3O3Si. The third-order valence-corrected chi connectivity index (χ3v) is 10.8. The number of hydrogen-bond acceptors (Lipinski definition) is 4. The Bertz CT molecular complexity index is 940. The summed E-state index contributed by atoms with van der Waals surface area (Å²) in [7, 11) is -2.05. The number of para-hydroxylation sites is 1. The molecule has 1 aliphatic rings. The van der Waals surface area contributed by atoms with E-state index in [1.807, 2.05) is 36.4 Å². The van der Waals surface area contributed by atoms with E-state index in [-0.39, 0.29) is 5.04 Å². The summed E-state index contributed by atoms with van der Waals surface area (Å²) in [5.74, 6) is -1.21. The molecule has 7 heteroatoms. The second kappa shape index (κ2) is 7.98. The molecule has 3 rings (SSSR count). The van der Waals surface area contributed by atoms with Gasteiger partial charge in [0.2, 0.25) is 5.54 Å². The molecular weight excluding hydrogens is 394 g/mol. The number of rotatable bonds is 7. The summed E-state index contributed by atoms with van der Waals surface area (Å²) in [6, 6.07) is 16.4. The van der Waals surface area contributed by atoms with Gasteiger partial charge in [0.05, 0.1) is 12.6 Å². The molecule has 4 N–H and O–H groups in total. The van der Waals surface area contributed by atoms with Crippen LogP contribution in [0.25, 0.3) is 0 Å². The van der Waals surface area contributed by atoms with Crippen molar-refractivity contribution >= 4 is 25.8 Å². The van der Waals surface area contributed by atoms with Crippen molar-refractivity contribution in [1.82, 2.24) is 5.32 Å².